The first kappa shape index (κ1) is 18.1. The second kappa shape index (κ2) is 8.51. The molecule has 1 heterocycles. The van der Waals surface area contributed by atoms with Gasteiger partial charge in [-0.25, -0.2) is 4.98 Å². The van der Waals surface area contributed by atoms with Gasteiger partial charge in [0, 0.05) is 12.5 Å². The van der Waals surface area contributed by atoms with Crippen molar-refractivity contribution < 1.29 is 9.66 Å². The van der Waals surface area contributed by atoms with E-state index < -0.39 is 4.92 Å². The van der Waals surface area contributed by atoms with E-state index in [4.69, 9.17) is 4.74 Å². The summed E-state index contributed by atoms with van der Waals surface area (Å²) in [4.78, 5) is 19.5. The van der Waals surface area contributed by atoms with Crippen LogP contribution in [-0.2, 0) is 6.42 Å². The van der Waals surface area contributed by atoms with E-state index in [0.29, 0.717) is 24.8 Å². The smallest absolute Gasteiger partial charge is 0.372 e. The van der Waals surface area contributed by atoms with Crippen LogP contribution in [0.5, 0.6) is 5.88 Å². The number of anilines is 1. The molecule has 7 heteroatoms. The number of unbranched alkanes of at least 4 members (excludes halogenated alkanes) is 1. The zero-order chi connectivity index (χ0) is 16.7. The molecule has 0 fully saturated rings. The van der Waals surface area contributed by atoms with E-state index in [0.717, 1.165) is 12.8 Å². The monoisotopic (exact) mass is 310 g/mol. The lowest BCUT2D eigenvalue weighted by molar-refractivity contribution is -0.385. The van der Waals surface area contributed by atoms with E-state index in [1.165, 1.54) is 0 Å². The molecule has 0 unspecified atom stereocenters. The summed E-state index contributed by atoms with van der Waals surface area (Å²) in [5, 5.41) is 14.4. The standard InChI is InChI=1S/C15H26N4O3/c1-6-7-8-22-15-13(19(20)21)14(16-11(4)5)17-12(18-15)9-10(2)3/h10-11H,6-9H2,1-5H3,(H,16,17,18). The van der Waals surface area contributed by atoms with E-state index >= 15 is 0 Å². The number of nitrogens with zero attached hydrogens (tertiary/aromatic N) is 3. The SMILES string of the molecule is CCCCOc1nc(CC(C)C)nc(NC(C)C)c1[N+](=O)[O-]. The molecule has 7 nitrogen and oxygen atoms in total. The summed E-state index contributed by atoms with van der Waals surface area (Å²) in [6, 6.07) is 0.0315. The van der Waals surface area contributed by atoms with Gasteiger partial charge in [0.25, 0.3) is 5.88 Å². The van der Waals surface area contributed by atoms with Crippen molar-refractivity contribution in [1.82, 2.24) is 9.97 Å². The maximum atomic E-state index is 11.4. The van der Waals surface area contributed by atoms with Crippen molar-refractivity contribution in [2.24, 2.45) is 5.92 Å². The molecule has 0 aliphatic heterocycles. The van der Waals surface area contributed by atoms with Gasteiger partial charge < -0.3 is 10.1 Å². The highest BCUT2D eigenvalue weighted by atomic mass is 16.6. The maximum Gasteiger partial charge on any atom is 0.372 e. The van der Waals surface area contributed by atoms with Crippen LogP contribution in [0, 0.1) is 16.0 Å². The van der Waals surface area contributed by atoms with E-state index in [1.807, 2.05) is 20.8 Å². The molecule has 22 heavy (non-hydrogen) atoms. The van der Waals surface area contributed by atoms with Gasteiger partial charge in [-0.05, 0) is 26.2 Å². The first-order valence-corrected chi connectivity index (χ1v) is 7.79. The highest BCUT2D eigenvalue weighted by Gasteiger charge is 2.27. The molecule has 124 valence electrons. The van der Waals surface area contributed by atoms with Crippen molar-refractivity contribution in [2.45, 2.75) is 59.9 Å². The van der Waals surface area contributed by atoms with Gasteiger partial charge in [0.05, 0.1) is 11.5 Å². The number of hydrogen-bond donors (Lipinski definition) is 1. The third kappa shape index (κ3) is 5.46. The number of nitrogens with one attached hydrogen (secondary N) is 1. The summed E-state index contributed by atoms with van der Waals surface area (Å²) < 4.78 is 5.55. The van der Waals surface area contributed by atoms with Crippen LogP contribution in [-0.4, -0.2) is 27.5 Å². The van der Waals surface area contributed by atoms with Crippen LogP contribution in [0.2, 0.25) is 0 Å². The van der Waals surface area contributed by atoms with Gasteiger partial charge in [-0.3, -0.25) is 10.1 Å². The van der Waals surface area contributed by atoms with E-state index in [2.05, 4.69) is 29.1 Å². The summed E-state index contributed by atoms with van der Waals surface area (Å²) in [6.45, 7) is 10.4. The Morgan fingerprint density at radius 2 is 1.95 bits per heavy atom. The normalized spacial score (nSPS) is 11.0. The largest absolute Gasteiger partial charge is 0.473 e. The van der Waals surface area contributed by atoms with Crippen LogP contribution in [0.3, 0.4) is 0 Å². The van der Waals surface area contributed by atoms with E-state index in [1.54, 1.807) is 0 Å². The molecule has 0 aliphatic rings. The second-order valence-corrected chi connectivity index (χ2v) is 6.00. The predicted molar refractivity (Wildman–Crippen MR) is 86.4 cm³/mol. The van der Waals surface area contributed by atoms with Crippen LogP contribution in [0.4, 0.5) is 11.5 Å². The molecule has 1 N–H and O–H groups in total. The summed E-state index contributed by atoms with van der Waals surface area (Å²) in [5.41, 5.74) is -0.183. The Hall–Kier alpha value is -1.92. The Morgan fingerprint density at radius 1 is 1.27 bits per heavy atom. The summed E-state index contributed by atoms with van der Waals surface area (Å²) >= 11 is 0. The molecule has 0 spiro atoms. The predicted octanol–water partition coefficient (Wildman–Crippen LogP) is 3.58. The topological polar surface area (TPSA) is 90.2 Å². The molecular formula is C15H26N4O3. The molecule has 1 aromatic rings. The molecule has 0 amide bonds. The average Bonchev–Trinajstić information content (AvgIpc) is 2.36. The summed E-state index contributed by atoms with van der Waals surface area (Å²) in [6.07, 6.45) is 2.43. The summed E-state index contributed by atoms with van der Waals surface area (Å²) in [5.74, 6) is 1.22. The molecule has 0 bridgehead atoms. The molecule has 1 aromatic heterocycles. The van der Waals surface area contributed by atoms with Gasteiger partial charge >= 0.3 is 5.69 Å². The van der Waals surface area contributed by atoms with Crippen LogP contribution in [0.25, 0.3) is 0 Å². The fourth-order valence-corrected chi connectivity index (χ4v) is 1.89. The van der Waals surface area contributed by atoms with Gasteiger partial charge in [-0.1, -0.05) is 27.2 Å². The number of rotatable bonds is 9. The van der Waals surface area contributed by atoms with Crippen LogP contribution in [0.1, 0.15) is 53.3 Å². The second-order valence-electron chi connectivity index (χ2n) is 6.00. The van der Waals surface area contributed by atoms with Crippen LogP contribution >= 0.6 is 0 Å². The van der Waals surface area contributed by atoms with Gasteiger partial charge in [0.1, 0.15) is 5.82 Å². The van der Waals surface area contributed by atoms with Crippen LogP contribution < -0.4 is 10.1 Å². The van der Waals surface area contributed by atoms with Gasteiger partial charge in [0.2, 0.25) is 5.82 Å². The highest BCUT2D eigenvalue weighted by molar-refractivity contribution is 5.62. The fourth-order valence-electron chi connectivity index (χ4n) is 1.89. The lowest BCUT2D eigenvalue weighted by atomic mass is 10.1. The van der Waals surface area contributed by atoms with E-state index in [9.17, 15) is 10.1 Å². The number of ether oxygens (including phenoxy) is 1. The van der Waals surface area contributed by atoms with Gasteiger partial charge in [-0.15, -0.1) is 0 Å². The molecule has 0 radical (unpaired) electrons. The van der Waals surface area contributed by atoms with Crippen molar-refractivity contribution in [2.75, 3.05) is 11.9 Å². The molecule has 0 saturated heterocycles. The summed E-state index contributed by atoms with van der Waals surface area (Å²) in [7, 11) is 0. The number of hydrogen-bond acceptors (Lipinski definition) is 6. The minimum Gasteiger partial charge on any atom is -0.473 e. The first-order chi connectivity index (χ1) is 10.3. The maximum absolute atomic E-state index is 11.4. The molecule has 1 rings (SSSR count). The lowest BCUT2D eigenvalue weighted by Gasteiger charge is -2.14. The molecule has 0 atom stereocenters. The Bertz CT molecular complexity index is 504. The number of nitro groups is 1. The Labute approximate surface area is 131 Å². The van der Waals surface area contributed by atoms with Crippen molar-refractivity contribution in [3.05, 3.63) is 15.9 Å². The zero-order valence-corrected chi connectivity index (χ0v) is 14.0. The van der Waals surface area contributed by atoms with Crippen LogP contribution in [0.15, 0.2) is 0 Å². The van der Waals surface area contributed by atoms with Crippen molar-refractivity contribution in [1.29, 1.82) is 0 Å². The van der Waals surface area contributed by atoms with Gasteiger partial charge in [-0.2, -0.15) is 4.98 Å². The highest BCUT2D eigenvalue weighted by Crippen LogP contribution is 2.32. The fraction of sp³-hybridized carbons (Fsp3) is 0.733. The minimum atomic E-state index is -0.481. The van der Waals surface area contributed by atoms with Gasteiger partial charge in [0.15, 0.2) is 0 Å². The quantitative estimate of drug-likeness (QED) is 0.426. The molecular weight excluding hydrogens is 284 g/mol. The molecule has 0 aliphatic carbocycles. The van der Waals surface area contributed by atoms with E-state index in [-0.39, 0.29) is 23.4 Å². The van der Waals surface area contributed by atoms with Crippen molar-refractivity contribution in [3.63, 3.8) is 0 Å². The Balaban J connectivity index is 3.24. The Kier molecular flexibility index (Phi) is 7.01. The third-order valence-corrected chi connectivity index (χ3v) is 2.83. The van der Waals surface area contributed by atoms with Crippen molar-refractivity contribution >= 4 is 11.5 Å². The van der Waals surface area contributed by atoms with Crippen molar-refractivity contribution in [3.8, 4) is 5.88 Å². The first-order valence-electron chi connectivity index (χ1n) is 7.79. The molecule has 0 saturated carbocycles. The Morgan fingerprint density at radius 3 is 2.45 bits per heavy atom. The zero-order valence-electron chi connectivity index (χ0n) is 14.0. The number of aromatic nitrogens is 2. The third-order valence-electron chi connectivity index (χ3n) is 2.83. The molecule has 0 aromatic carbocycles. The lowest BCUT2D eigenvalue weighted by Crippen LogP contribution is -2.16. The average molecular weight is 310 g/mol. The minimum absolute atomic E-state index is 0.0315.